The van der Waals surface area contributed by atoms with Gasteiger partial charge in [0.25, 0.3) is 0 Å². The topological polar surface area (TPSA) is 51.8 Å². The molecule has 0 amide bonds. The zero-order valence-electron chi connectivity index (χ0n) is 8.77. The molecule has 0 bridgehead atoms. The van der Waals surface area contributed by atoms with E-state index in [0.717, 1.165) is 16.3 Å². The quantitative estimate of drug-likeness (QED) is 0.842. The van der Waals surface area contributed by atoms with Gasteiger partial charge in [0.1, 0.15) is 5.01 Å². The summed E-state index contributed by atoms with van der Waals surface area (Å²) in [4.78, 5) is 9.74. The summed E-state index contributed by atoms with van der Waals surface area (Å²) in [5.74, 6) is 0. The second kappa shape index (κ2) is 4.08. The molecule has 0 saturated carbocycles. The van der Waals surface area contributed by atoms with Gasteiger partial charge in [-0.1, -0.05) is 6.07 Å². The summed E-state index contributed by atoms with van der Waals surface area (Å²) in [5.41, 5.74) is 8.18. The van der Waals surface area contributed by atoms with Crippen LogP contribution in [0.15, 0.2) is 24.5 Å². The highest BCUT2D eigenvalue weighted by Gasteiger charge is 2.13. The van der Waals surface area contributed by atoms with Gasteiger partial charge in [-0.3, -0.25) is 4.98 Å². The Morgan fingerprint density at radius 3 is 2.73 bits per heavy atom. The van der Waals surface area contributed by atoms with E-state index in [-0.39, 0.29) is 6.04 Å². The average molecular weight is 219 g/mol. The lowest BCUT2D eigenvalue weighted by molar-refractivity contribution is 0.845. The molecule has 2 heterocycles. The maximum Gasteiger partial charge on any atom is 0.114 e. The number of nitrogens with two attached hydrogens (primary N) is 1. The summed E-state index contributed by atoms with van der Waals surface area (Å²) < 4.78 is 0. The molecule has 0 spiro atoms. The Hall–Kier alpha value is -1.26. The number of hydrogen-bond acceptors (Lipinski definition) is 4. The molecular formula is C11H13N3S. The van der Waals surface area contributed by atoms with Crippen molar-refractivity contribution in [2.24, 2.45) is 5.73 Å². The van der Waals surface area contributed by atoms with Crippen molar-refractivity contribution < 1.29 is 0 Å². The van der Waals surface area contributed by atoms with Gasteiger partial charge in [-0.15, -0.1) is 11.3 Å². The SMILES string of the molecule is Cc1nc(C(N)c2cccnc2)sc1C. The molecule has 1 unspecified atom stereocenters. The third kappa shape index (κ3) is 2.06. The summed E-state index contributed by atoms with van der Waals surface area (Å²) in [7, 11) is 0. The van der Waals surface area contributed by atoms with Gasteiger partial charge in [-0.2, -0.15) is 0 Å². The second-order valence-electron chi connectivity index (χ2n) is 3.46. The van der Waals surface area contributed by atoms with Gasteiger partial charge in [0.2, 0.25) is 0 Å². The summed E-state index contributed by atoms with van der Waals surface area (Å²) in [5, 5.41) is 0.956. The second-order valence-corrected chi connectivity index (χ2v) is 4.69. The van der Waals surface area contributed by atoms with Crippen LogP contribution < -0.4 is 5.73 Å². The molecule has 4 heteroatoms. The Morgan fingerprint density at radius 1 is 1.40 bits per heavy atom. The number of hydrogen-bond donors (Lipinski definition) is 1. The molecule has 1 atom stereocenters. The van der Waals surface area contributed by atoms with Crippen LogP contribution in [0.1, 0.15) is 27.2 Å². The molecule has 0 radical (unpaired) electrons. The molecule has 2 aromatic heterocycles. The first kappa shape index (κ1) is 10.3. The zero-order chi connectivity index (χ0) is 10.8. The zero-order valence-corrected chi connectivity index (χ0v) is 9.58. The van der Waals surface area contributed by atoms with E-state index in [9.17, 15) is 0 Å². The van der Waals surface area contributed by atoms with E-state index in [2.05, 4.69) is 16.9 Å². The van der Waals surface area contributed by atoms with Crippen LogP contribution in [0.2, 0.25) is 0 Å². The standard InChI is InChI=1S/C11H13N3S/c1-7-8(2)15-11(14-7)10(12)9-4-3-5-13-6-9/h3-6,10H,12H2,1-2H3. The highest BCUT2D eigenvalue weighted by atomic mass is 32.1. The Morgan fingerprint density at radius 2 is 2.20 bits per heavy atom. The van der Waals surface area contributed by atoms with Crippen LogP contribution in [-0.2, 0) is 0 Å². The first-order valence-electron chi connectivity index (χ1n) is 4.78. The molecule has 2 aromatic rings. The molecule has 2 N–H and O–H groups in total. The fourth-order valence-corrected chi connectivity index (χ4v) is 2.29. The van der Waals surface area contributed by atoms with E-state index in [4.69, 9.17) is 5.73 Å². The first-order chi connectivity index (χ1) is 7.18. The lowest BCUT2D eigenvalue weighted by atomic mass is 10.1. The predicted molar refractivity (Wildman–Crippen MR) is 61.9 cm³/mol. The van der Waals surface area contributed by atoms with Crippen LogP contribution >= 0.6 is 11.3 Å². The van der Waals surface area contributed by atoms with Gasteiger partial charge in [0.05, 0.1) is 11.7 Å². The lowest BCUT2D eigenvalue weighted by Gasteiger charge is -2.07. The van der Waals surface area contributed by atoms with E-state index < -0.39 is 0 Å². The minimum Gasteiger partial charge on any atom is -0.318 e. The van der Waals surface area contributed by atoms with Crippen molar-refractivity contribution in [3.05, 3.63) is 45.7 Å². The monoisotopic (exact) mass is 219 g/mol. The minimum absolute atomic E-state index is 0.156. The van der Waals surface area contributed by atoms with E-state index >= 15 is 0 Å². The lowest BCUT2D eigenvalue weighted by Crippen LogP contribution is -2.11. The van der Waals surface area contributed by atoms with Crippen molar-refractivity contribution >= 4 is 11.3 Å². The maximum atomic E-state index is 6.11. The maximum absolute atomic E-state index is 6.11. The van der Waals surface area contributed by atoms with Gasteiger partial charge in [-0.25, -0.2) is 4.98 Å². The average Bonchev–Trinajstić information content (AvgIpc) is 2.59. The van der Waals surface area contributed by atoms with Crippen LogP contribution in [0.4, 0.5) is 0 Å². The summed E-state index contributed by atoms with van der Waals surface area (Å²) in [6, 6.07) is 3.71. The van der Waals surface area contributed by atoms with Crippen molar-refractivity contribution in [3.63, 3.8) is 0 Å². The van der Waals surface area contributed by atoms with Crippen LogP contribution in [-0.4, -0.2) is 9.97 Å². The molecule has 0 aliphatic rings. The fraction of sp³-hybridized carbons (Fsp3) is 0.273. The smallest absolute Gasteiger partial charge is 0.114 e. The third-order valence-electron chi connectivity index (χ3n) is 2.35. The highest BCUT2D eigenvalue weighted by molar-refractivity contribution is 7.11. The van der Waals surface area contributed by atoms with Crippen LogP contribution in [0, 0.1) is 13.8 Å². The van der Waals surface area contributed by atoms with Gasteiger partial charge < -0.3 is 5.73 Å². The first-order valence-corrected chi connectivity index (χ1v) is 5.59. The van der Waals surface area contributed by atoms with Gasteiger partial charge in [-0.05, 0) is 25.5 Å². The molecule has 2 rings (SSSR count). The minimum atomic E-state index is -0.156. The largest absolute Gasteiger partial charge is 0.318 e. The molecular weight excluding hydrogens is 206 g/mol. The predicted octanol–water partition coefficient (Wildman–Crippen LogP) is 2.20. The van der Waals surface area contributed by atoms with Gasteiger partial charge >= 0.3 is 0 Å². The highest BCUT2D eigenvalue weighted by Crippen LogP contribution is 2.25. The Kier molecular flexibility index (Phi) is 2.79. The fourth-order valence-electron chi connectivity index (χ4n) is 1.33. The summed E-state index contributed by atoms with van der Waals surface area (Å²) in [6.07, 6.45) is 3.53. The van der Waals surface area contributed by atoms with Gasteiger partial charge in [0.15, 0.2) is 0 Å². The molecule has 15 heavy (non-hydrogen) atoms. The van der Waals surface area contributed by atoms with Crippen molar-refractivity contribution in [3.8, 4) is 0 Å². The number of nitrogens with zero attached hydrogens (tertiary/aromatic N) is 2. The number of aromatic nitrogens is 2. The summed E-state index contributed by atoms with van der Waals surface area (Å²) >= 11 is 1.65. The van der Waals surface area contributed by atoms with Crippen LogP contribution in [0.5, 0.6) is 0 Å². The number of pyridine rings is 1. The summed E-state index contributed by atoms with van der Waals surface area (Å²) in [6.45, 7) is 4.07. The van der Waals surface area contributed by atoms with Crippen molar-refractivity contribution in [2.45, 2.75) is 19.9 Å². The number of thiazole rings is 1. The third-order valence-corrected chi connectivity index (χ3v) is 3.51. The van der Waals surface area contributed by atoms with E-state index in [1.165, 1.54) is 4.88 Å². The van der Waals surface area contributed by atoms with E-state index in [0.29, 0.717) is 0 Å². The molecule has 0 fully saturated rings. The van der Waals surface area contributed by atoms with Crippen LogP contribution in [0.25, 0.3) is 0 Å². The van der Waals surface area contributed by atoms with Gasteiger partial charge in [0, 0.05) is 17.3 Å². The molecule has 3 nitrogen and oxygen atoms in total. The van der Waals surface area contributed by atoms with Crippen molar-refractivity contribution in [2.75, 3.05) is 0 Å². The van der Waals surface area contributed by atoms with E-state index in [1.807, 2.05) is 19.1 Å². The normalized spacial score (nSPS) is 12.7. The molecule has 0 aliphatic carbocycles. The molecule has 0 aliphatic heterocycles. The number of aryl methyl sites for hydroxylation is 2. The Labute approximate surface area is 93.0 Å². The van der Waals surface area contributed by atoms with Crippen LogP contribution in [0.3, 0.4) is 0 Å². The van der Waals surface area contributed by atoms with Crippen molar-refractivity contribution in [1.82, 2.24) is 9.97 Å². The number of rotatable bonds is 2. The van der Waals surface area contributed by atoms with E-state index in [1.54, 1.807) is 23.7 Å². The Bertz CT molecular complexity index is 431. The molecule has 78 valence electrons. The molecule has 0 aromatic carbocycles. The Balaban J connectivity index is 2.32. The van der Waals surface area contributed by atoms with Crippen molar-refractivity contribution in [1.29, 1.82) is 0 Å². The molecule has 0 saturated heterocycles.